The summed E-state index contributed by atoms with van der Waals surface area (Å²) in [6.07, 6.45) is 4.33. The molecule has 0 saturated carbocycles. The monoisotopic (exact) mass is 722 g/mol. The van der Waals surface area contributed by atoms with Crippen molar-refractivity contribution in [3.8, 4) is 11.5 Å². The normalized spacial score (nSPS) is 19.3. The highest BCUT2D eigenvalue weighted by atomic mass is 35.5. The summed E-state index contributed by atoms with van der Waals surface area (Å²) in [5.74, 6) is -0.330. The molecule has 0 amide bonds. The van der Waals surface area contributed by atoms with Crippen molar-refractivity contribution in [2.24, 2.45) is 5.92 Å². The molecule has 3 aromatic carbocycles. The van der Waals surface area contributed by atoms with Gasteiger partial charge in [0.1, 0.15) is 34.1 Å². The molecule has 7 rings (SSSR count). The minimum atomic E-state index is -1.05. The lowest BCUT2D eigenvalue weighted by molar-refractivity contribution is -0.377. The van der Waals surface area contributed by atoms with Gasteiger partial charge < -0.3 is 18.9 Å². The number of carbonyl (C=O) groups excluding carboxylic acids is 2. The Hall–Kier alpha value is -4.22. The molecule has 0 aliphatic carbocycles. The largest absolute Gasteiger partial charge is 0.493 e. The maximum Gasteiger partial charge on any atom is 0.338 e. The zero-order valence-corrected chi connectivity index (χ0v) is 29.3. The summed E-state index contributed by atoms with van der Waals surface area (Å²) in [5.41, 5.74) is 2.40. The van der Waals surface area contributed by atoms with Crippen molar-refractivity contribution in [3.05, 3.63) is 123 Å². The number of ether oxygens (including phenoxy) is 4. The average molecular weight is 724 g/mol. The molecule has 3 saturated heterocycles. The minimum absolute atomic E-state index is 0.153. The van der Waals surface area contributed by atoms with E-state index in [1.807, 2.05) is 6.07 Å². The van der Waals surface area contributed by atoms with Gasteiger partial charge in [-0.05, 0) is 73.3 Å². The molecule has 2 bridgehead atoms. The highest BCUT2D eigenvalue weighted by Crippen LogP contribution is 2.36. The quantitative estimate of drug-likeness (QED) is 0.155. The number of carbonyl (C=O) groups is 2. The van der Waals surface area contributed by atoms with E-state index in [2.05, 4.69) is 15.2 Å². The van der Waals surface area contributed by atoms with Gasteiger partial charge in [-0.2, -0.15) is 0 Å². The van der Waals surface area contributed by atoms with Crippen molar-refractivity contribution >= 4 is 35.1 Å². The van der Waals surface area contributed by atoms with Crippen molar-refractivity contribution < 1.29 is 37.9 Å². The van der Waals surface area contributed by atoms with Gasteiger partial charge in [0, 0.05) is 30.6 Å². The van der Waals surface area contributed by atoms with Crippen molar-refractivity contribution in [1.82, 2.24) is 10.2 Å². The topological polar surface area (TPSA) is 100 Å². The van der Waals surface area contributed by atoms with Crippen LogP contribution in [0.3, 0.4) is 0 Å². The Morgan fingerprint density at radius 2 is 1.70 bits per heavy atom. The first-order chi connectivity index (χ1) is 24.2. The molecule has 1 unspecified atom stereocenters. The van der Waals surface area contributed by atoms with Crippen LogP contribution in [0.4, 0.5) is 4.39 Å². The molecule has 4 heterocycles. The number of piperidine rings is 3. The van der Waals surface area contributed by atoms with Gasteiger partial charge in [-0.15, -0.1) is 0 Å². The van der Waals surface area contributed by atoms with Crippen LogP contribution in [0, 0.1) is 11.7 Å². The highest BCUT2D eigenvalue weighted by molar-refractivity contribution is 6.35. The van der Waals surface area contributed by atoms with Crippen LogP contribution in [-0.4, -0.2) is 56.8 Å². The molecule has 3 atom stereocenters. The molecule has 4 aromatic rings. The molecular formula is C38H39Cl2FN3O6+. The van der Waals surface area contributed by atoms with E-state index >= 15 is 4.39 Å². The summed E-state index contributed by atoms with van der Waals surface area (Å²) < 4.78 is 38.0. The molecule has 1 aromatic heterocycles. The summed E-state index contributed by atoms with van der Waals surface area (Å²) in [6, 6.07) is 17.2. The fraction of sp³-hybridized carbons (Fsp3) is 0.342. The fourth-order valence-corrected chi connectivity index (χ4v) is 7.19. The number of methoxy groups -OCH3 is 2. The Labute approximate surface area is 300 Å². The lowest BCUT2D eigenvalue weighted by Crippen LogP contribution is -2.52. The van der Waals surface area contributed by atoms with E-state index in [1.54, 1.807) is 67.0 Å². The van der Waals surface area contributed by atoms with Crippen molar-refractivity contribution in [2.45, 2.75) is 44.1 Å². The summed E-state index contributed by atoms with van der Waals surface area (Å²) in [4.78, 5) is 32.5. The second-order valence-electron chi connectivity index (χ2n) is 12.5. The number of hydrogen-bond acceptors (Lipinski definition) is 8. The number of aromatic nitrogens is 1. The standard InChI is InChI=1S/C38H38Cl2FN3O6/c1-47-32-11-10-25(17-34(32)48-2)33(18-28-29(39)20-42-21-30(28)40)49-37(45)26-7-5-6-23(16-26)19-43-36(27-8-3-4-9-31(27)41)38(46)50-35-22-44-14-12-24(35)13-15-44/h3-11,16-17,20-21,24,33,35-36,43H,12-15,18-19,22H2,1-2H3/p+1/t33-,35-,36?/m0/s1. The molecule has 0 radical (unpaired) electrons. The van der Waals surface area contributed by atoms with Gasteiger partial charge in [0.2, 0.25) is 0 Å². The lowest BCUT2D eigenvalue weighted by atomic mass is 9.86. The summed E-state index contributed by atoms with van der Waals surface area (Å²) in [7, 11) is 3.06. The molecular weight excluding hydrogens is 684 g/mol. The van der Waals surface area contributed by atoms with E-state index in [9.17, 15) is 9.59 Å². The van der Waals surface area contributed by atoms with Gasteiger partial charge in [-0.25, -0.2) is 19.0 Å². The van der Waals surface area contributed by atoms with E-state index in [-0.39, 0.29) is 30.2 Å². The molecule has 50 heavy (non-hydrogen) atoms. The Kier molecular flexibility index (Phi) is 11.5. The number of esters is 2. The molecule has 3 aliphatic heterocycles. The zero-order valence-electron chi connectivity index (χ0n) is 27.8. The number of H-pyrrole nitrogens is 1. The van der Waals surface area contributed by atoms with Crippen LogP contribution in [0.15, 0.2) is 79.1 Å². The maximum absolute atomic E-state index is 15.0. The van der Waals surface area contributed by atoms with Gasteiger partial charge in [-0.3, -0.25) is 10.2 Å². The zero-order chi connectivity index (χ0) is 35.2. The Morgan fingerprint density at radius 3 is 2.38 bits per heavy atom. The smallest absolute Gasteiger partial charge is 0.338 e. The third kappa shape index (κ3) is 8.21. The van der Waals surface area contributed by atoms with Crippen LogP contribution in [0.5, 0.6) is 11.5 Å². The molecule has 262 valence electrons. The third-order valence-corrected chi connectivity index (χ3v) is 10.1. The number of pyridine rings is 1. The predicted octanol–water partition coefficient (Wildman–Crippen LogP) is 6.57. The van der Waals surface area contributed by atoms with Crippen LogP contribution in [0.25, 0.3) is 0 Å². The number of fused-ring (bicyclic) bond motifs is 3. The van der Waals surface area contributed by atoms with Gasteiger partial charge in [0.25, 0.3) is 0 Å². The number of halogens is 3. The first-order valence-corrected chi connectivity index (χ1v) is 17.3. The second-order valence-corrected chi connectivity index (χ2v) is 13.3. The second kappa shape index (κ2) is 16.2. The van der Waals surface area contributed by atoms with E-state index in [0.717, 1.165) is 25.9 Å². The van der Waals surface area contributed by atoms with E-state index in [0.29, 0.717) is 50.7 Å². The van der Waals surface area contributed by atoms with Crippen LogP contribution >= 0.6 is 23.2 Å². The van der Waals surface area contributed by atoms with Gasteiger partial charge in [0.05, 0.1) is 19.8 Å². The maximum atomic E-state index is 15.0. The minimum Gasteiger partial charge on any atom is -0.493 e. The van der Waals surface area contributed by atoms with Crippen LogP contribution < -0.4 is 19.8 Å². The van der Waals surface area contributed by atoms with Gasteiger partial charge in [-0.1, -0.05) is 59.6 Å². The number of nitrogens with zero attached hydrogens (tertiary/aromatic N) is 1. The lowest BCUT2D eigenvalue weighted by Gasteiger charge is -2.44. The molecule has 2 N–H and O–H groups in total. The first kappa shape index (κ1) is 35.6. The molecule has 0 spiro atoms. The van der Waals surface area contributed by atoms with E-state index in [1.165, 1.54) is 20.3 Å². The molecule has 9 nitrogen and oxygen atoms in total. The number of rotatable bonds is 13. The van der Waals surface area contributed by atoms with Crippen LogP contribution in [0.1, 0.15) is 57.6 Å². The van der Waals surface area contributed by atoms with Crippen LogP contribution in [0.2, 0.25) is 10.0 Å². The summed E-state index contributed by atoms with van der Waals surface area (Å²) >= 11 is 13.0. The van der Waals surface area contributed by atoms with E-state index < -0.39 is 29.9 Å². The first-order valence-electron chi connectivity index (χ1n) is 16.5. The predicted molar refractivity (Wildman–Crippen MR) is 186 cm³/mol. The average Bonchev–Trinajstić information content (AvgIpc) is 3.13. The summed E-state index contributed by atoms with van der Waals surface area (Å²) in [6.45, 7) is 2.86. The third-order valence-electron chi connectivity index (χ3n) is 9.40. The van der Waals surface area contributed by atoms with E-state index in [4.69, 9.17) is 42.1 Å². The van der Waals surface area contributed by atoms with Crippen molar-refractivity contribution in [1.29, 1.82) is 0 Å². The van der Waals surface area contributed by atoms with Crippen molar-refractivity contribution in [2.75, 3.05) is 33.9 Å². The number of benzene rings is 3. The number of nitrogens with one attached hydrogen (secondary N) is 2. The van der Waals surface area contributed by atoms with Crippen molar-refractivity contribution in [3.63, 3.8) is 0 Å². The summed E-state index contributed by atoms with van der Waals surface area (Å²) in [5, 5.41) is 3.97. The Bertz CT molecular complexity index is 1820. The molecule has 3 fully saturated rings. The Balaban J connectivity index is 1.21. The molecule has 3 aliphatic rings. The number of aromatic amines is 1. The SMILES string of the molecule is COc1ccc([C@H](Cc2c(Cl)c[nH+]cc2Cl)OC(=O)c2cccc(CNC(C(=O)O[C@H]3CN4CCC3CC4)c3ccccc3F)c2)cc1OC. The van der Waals surface area contributed by atoms with Gasteiger partial charge >= 0.3 is 11.9 Å². The van der Waals surface area contributed by atoms with Crippen LogP contribution in [-0.2, 0) is 27.2 Å². The number of hydrogen-bond donors (Lipinski definition) is 1. The fourth-order valence-electron chi connectivity index (χ4n) is 6.65. The Morgan fingerprint density at radius 1 is 0.960 bits per heavy atom. The molecule has 12 heteroatoms. The van der Waals surface area contributed by atoms with Gasteiger partial charge in [0.15, 0.2) is 23.9 Å². The highest BCUT2D eigenvalue weighted by Gasteiger charge is 2.38.